The van der Waals surface area contributed by atoms with Crippen molar-refractivity contribution in [2.75, 3.05) is 0 Å². The Hall–Kier alpha value is -3.10. The van der Waals surface area contributed by atoms with Crippen LogP contribution in [0.25, 0.3) is 11.3 Å². The molecule has 0 aliphatic carbocycles. The van der Waals surface area contributed by atoms with Gasteiger partial charge in [0.2, 0.25) is 0 Å². The smallest absolute Gasteiger partial charge is 0.258 e. The number of amides is 1. The van der Waals surface area contributed by atoms with Gasteiger partial charge >= 0.3 is 0 Å². The molecule has 0 radical (unpaired) electrons. The fraction of sp³-hybridized carbons (Fsp3) is 0.435. The fourth-order valence-corrected chi connectivity index (χ4v) is 5.41. The molecule has 5 rings (SSSR count). The summed E-state index contributed by atoms with van der Waals surface area (Å²) in [4.78, 5) is 15.6. The Bertz CT molecular complexity index is 1240. The molecule has 1 fully saturated rings. The summed E-state index contributed by atoms with van der Waals surface area (Å²) < 4.78 is 44.7. The van der Waals surface area contributed by atoms with E-state index in [-0.39, 0.29) is 23.6 Å². The van der Waals surface area contributed by atoms with E-state index in [1.165, 1.54) is 0 Å². The van der Waals surface area contributed by atoms with E-state index in [0.717, 1.165) is 48.3 Å². The van der Waals surface area contributed by atoms with E-state index in [1.807, 2.05) is 25.8 Å². The van der Waals surface area contributed by atoms with Crippen molar-refractivity contribution in [3.8, 4) is 11.3 Å². The third-order valence-electron chi connectivity index (χ3n) is 6.89. The van der Waals surface area contributed by atoms with E-state index in [0.29, 0.717) is 23.4 Å². The van der Waals surface area contributed by atoms with Gasteiger partial charge in [-0.05, 0) is 51.7 Å². The maximum atomic E-state index is 14.0. The third-order valence-corrected chi connectivity index (χ3v) is 6.89. The fourth-order valence-electron chi connectivity index (χ4n) is 5.41. The molecule has 9 heteroatoms. The number of nitrogens with zero attached hydrogens (tertiary/aromatic N) is 5. The van der Waals surface area contributed by atoms with Crippen LogP contribution in [0.3, 0.4) is 0 Å². The predicted octanol–water partition coefficient (Wildman–Crippen LogP) is 4.15. The number of hydrogen-bond acceptors (Lipinski definition) is 3. The summed E-state index contributed by atoms with van der Waals surface area (Å²) in [5, 5.41) is 9.06. The molecule has 3 aromatic rings. The van der Waals surface area contributed by atoms with Gasteiger partial charge in [-0.2, -0.15) is 10.2 Å². The predicted molar refractivity (Wildman–Crippen MR) is 111 cm³/mol. The lowest BCUT2D eigenvalue weighted by atomic mass is 9.81. The molecule has 168 valence electrons. The molecule has 1 saturated heterocycles. The molecule has 0 spiro atoms. The Morgan fingerprint density at radius 1 is 1.03 bits per heavy atom. The van der Waals surface area contributed by atoms with Crippen LogP contribution in [-0.4, -0.2) is 36.4 Å². The maximum Gasteiger partial charge on any atom is 0.258 e. The number of aryl methyl sites for hydroxylation is 3. The van der Waals surface area contributed by atoms with Crippen molar-refractivity contribution in [2.24, 2.45) is 14.1 Å². The third kappa shape index (κ3) is 2.90. The molecule has 32 heavy (non-hydrogen) atoms. The van der Waals surface area contributed by atoms with Gasteiger partial charge in [-0.3, -0.25) is 14.2 Å². The summed E-state index contributed by atoms with van der Waals surface area (Å²) in [7, 11) is 3.53. The van der Waals surface area contributed by atoms with Gasteiger partial charge in [0.1, 0.15) is 0 Å². The number of piperidine rings is 1. The molecular formula is C23H24F3N5O. The van der Waals surface area contributed by atoms with Gasteiger partial charge in [-0.15, -0.1) is 0 Å². The highest BCUT2D eigenvalue weighted by atomic mass is 19.2. The first-order valence-electron chi connectivity index (χ1n) is 10.7. The van der Waals surface area contributed by atoms with Gasteiger partial charge in [0.05, 0.1) is 28.7 Å². The highest BCUT2D eigenvalue weighted by Crippen LogP contribution is 2.45. The van der Waals surface area contributed by atoms with Crippen LogP contribution in [0.15, 0.2) is 12.1 Å². The van der Waals surface area contributed by atoms with Gasteiger partial charge in [0, 0.05) is 37.0 Å². The molecule has 0 saturated carbocycles. The number of aromatic nitrogens is 4. The first-order valence-corrected chi connectivity index (χ1v) is 10.7. The topological polar surface area (TPSA) is 56.0 Å². The molecule has 2 atom stereocenters. The number of hydrogen-bond donors (Lipinski definition) is 0. The molecule has 4 heterocycles. The van der Waals surface area contributed by atoms with Crippen LogP contribution >= 0.6 is 0 Å². The summed E-state index contributed by atoms with van der Waals surface area (Å²) in [6.45, 7) is 3.72. The second-order valence-electron chi connectivity index (χ2n) is 8.78. The minimum absolute atomic E-state index is 0.0501. The van der Waals surface area contributed by atoms with Gasteiger partial charge in [0.25, 0.3) is 5.91 Å². The Labute approximate surface area is 183 Å². The van der Waals surface area contributed by atoms with Gasteiger partial charge in [-0.25, -0.2) is 13.2 Å². The summed E-state index contributed by atoms with van der Waals surface area (Å²) in [6, 6.07) is 1.74. The Balaban J connectivity index is 1.61. The molecule has 2 aliphatic rings. The van der Waals surface area contributed by atoms with E-state index in [2.05, 4.69) is 10.2 Å². The van der Waals surface area contributed by atoms with Crippen molar-refractivity contribution in [3.63, 3.8) is 0 Å². The zero-order chi connectivity index (χ0) is 22.9. The normalized spacial score (nSPS) is 19.9. The molecule has 1 amide bonds. The Morgan fingerprint density at radius 2 is 1.72 bits per heavy atom. The van der Waals surface area contributed by atoms with E-state index >= 15 is 0 Å². The van der Waals surface area contributed by atoms with Gasteiger partial charge < -0.3 is 4.90 Å². The number of fused-ring (bicyclic) bond motifs is 4. The number of rotatable bonds is 2. The Morgan fingerprint density at radius 3 is 2.34 bits per heavy atom. The molecule has 2 aliphatic heterocycles. The Kier molecular flexibility index (Phi) is 4.69. The zero-order valence-corrected chi connectivity index (χ0v) is 18.4. The van der Waals surface area contributed by atoms with Crippen LogP contribution in [0, 0.1) is 31.3 Å². The average molecular weight is 443 g/mol. The van der Waals surface area contributed by atoms with Crippen molar-refractivity contribution >= 4 is 5.91 Å². The molecule has 1 aromatic carbocycles. The second-order valence-corrected chi connectivity index (χ2v) is 8.78. The van der Waals surface area contributed by atoms with Crippen LogP contribution in [0.1, 0.15) is 58.3 Å². The van der Waals surface area contributed by atoms with Crippen LogP contribution in [-0.2, 0) is 20.5 Å². The van der Waals surface area contributed by atoms with Gasteiger partial charge in [-0.1, -0.05) is 0 Å². The van der Waals surface area contributed by atoms with Crippen LogP contribution in [0.4, 0.5) is 13.2 Å². The van der Waals surface area contributed by atoms with Crippen LogP contribution in [0.5, 0.6) is 0 Å². The quantitative estimate of drug-likeness (QED) is 0.560. The minimum atomic E-state index is -1.49. The summed E-state index contributed by atoms with van der Waals surface area (Å²) in [6.07, 6.45) is 3.09. The van der Waals surface area contributed by atoms with E-state index in [9.17, 15) is 18.0 Å². The lowest BCUT2D eigenvalue weighted by Gasteiger charge is -2.45. The molecule has 2 bridgehead atoms. The van der Waals surface area contributed by atoms with E-state index in [4.69, 9.17) is 0 Å². The van der Waals surface area contributed by atoms with Crippen LogP contribution in [0.2, 0.25) is 0 Å². The summed E-state index contributed by atoms with van der Waals surface area (Å²) in [5.74, 6) is -4.00. The molecule has 6 nitrogen and oxygen atoms in total. The SMILES string of the molecule is Cc1nn(C)c(C)c1C(=O)N1[C@H]2CCC[C@@H]1c1nn(C)c(-c3cc(F)c(F)c(F)c3)c1C2. The first kappa shape index (κ1) is 20.8. The minimum Gasteiger partial charge on any atom is -0.327 e. The first-order chi connectivity index (χ1) is 15.2. The number of carbonyl (C=O) groups is 1. The largest absolute Gasteiger partial charge is 0.327 e. The van der Waals surface area contributed by atoms with Crippen molar-refractivity contribution in [1.82, 2.24) is 24.5 Å². The van der Waals surface area contributed by atoms with Gasteiger partial charge in [0.15, 0.2) is 17.5 Å². The average Bonchev–Trinajstić information content (AvgIpc) is 3.19. The molecule has 0 unspecified atom stereocenters. The zero-order valence-electron chi connectivity index (χ0n) is 18.4. The van der Waals surface area contributed by atoms with E-state index < -0.39 is 17.5 Å². The lowest BCUT2D eigenvalue weighted by Crippen LogP contribution is -2.50. The number of carbonyl (C=O) groups excluding carboxylic acids is 1. The highest BCUT2D eigenvalue weighted by Gasteiger charge is 2.44. The summed E-state index contributed by atoms with van der Waals surface area (Å²) in [5.41, 5.74) is 4.55. The van der Waals surface area contributed by atoms with Crippen LogP contribution < -0.4 is 0 Å². The molecule has 0 N–H and O–H groups in total. The standard InChI is InChI=1S/C23H24F3N5O/c1-11-19(12(2)29(3)27-11)23(32)31-14-6-5-7-18(31)21-15(10-14)22(30(4)28-21)13-8-16(24)20(26)17(25)9-13/h8-9,14,18H,5-7,10H2,1-4H3/t14-,18+/m0/s1. The summed E-state index contributed by atoms with van der Waals surface area (Å²) >= 11 is 0. The number of halogens is 3. The molecule has 2 aromatic heterocycles. The maximum absolute atomic E-state index is 14.0. The number of benzene rings is 1. The van der Waals surface area contributed by atoms with Crippen molar-refractivity contribution in [2.45, 2.75) is 51.6 Å². The second kappa shape index (κ2) is 7.21. The van der Waals surface area contributed by atoms with Crippen molar-refractivity contribution < 1.29 is 18.0 Å². The monoisotopic (exact) mass is 443 g/mol. The van der Waals surface area contributed by atoms with Crippen molar-refractivity contribution in [1.29, 1.82) is 0 Å². The lowest BCUT2D eigenvalue weighted by molar-refractivity contribution is 0.0390. The molecular weight excluding hydrogens is 419 g/mol. The van der Waals surface area contributed by atoms with Crippen molar-refractivity contribution in [3.05, 3.63) is 57.8 Å². The van der Waals surface area contributed by atoms with E-state index in [1.54, 1.807) is 16.4 Å². The highest BCUT2D eigenvalue weighted by molar-refractivity contribution is 5.97.